The van der Waals surface area contributed by atoms with Gasteiger partial charge in [0.05, 0.1) is 19.8 Å². The van der Waals surface area contributed by atoms with Crippen LogP contribution >= 0.6 is 11.6 Å². The second-order valence-electron chi connectivity index (χ2n) is 5.75. The van der Waals surface area contributed by atoms with Gasteiger partial charge in [-0.05, 0) is 37.1 Å². The molecular formula is C17H21ClN4O2. The highest BCUT2D eigenvalue weighted by Gasteiger charge is 2.27. The number of anilines is 2. The van der Waals surface area contributed by atoms with E-state index in [0.717, 1.165) is 35.8 Å². The zero-order valence-electron chi connectivity index (χ0n) is 13.8. The fraction of sp³-hybridized carbons (Fsp3) is 0.412. The number of methoxy groups -OCH3 is 1. The van der Waals surface area contributed by atoms with Crippen molar-refractivity contribution < 1.29 is 9.47 Å². The molecule has 1 aliphatic heterocycles. The van der Waals surface area contributed by atoms with E-state index in [-0.39, 0.29) is 12.0 Å². The largest absolute Gasteiger partial charge is 0.497 e. The Balaban J connectivity index is 2.05. The molecule has 1 fully saturated rings. The van der Waals surface area contributed by atoms with E-state index in [1.54, 1.807) is 7.11 Å². The van der Waals surface area contributed by atoms with Gasteiger partial charge in [-0.1, -0.05) is 11.6 Å². The van der Waals surface area contributed by atoms with Crippen LogP contribution in [-0.4, -0.2) is 36.8 Å². The van der Waals surface area contributed by atoms with Crippen molar-refractivity contribution in [2.75, 3.05) is 37.5 Å². The van der Waals surface area contributed by atoms with Crippen LogP contribution in [0.2, 0.25) is 5.02 Å². The van der Waals surface area contributed by atoms with E-state index in [4.69, 9.17) is 26.8 Å². The van der Waals surface area contributed by atoms with E-state index in [9.17, 15) is 0 Å². The summed E-state index contributed by atoms with van der Waals surface area (Å²) >= 11 is 6.46. The molecule has 24 heavy (non-hydrogen) atoms. The van der Waals surface area contributed by atoms with Gasteiger partial charge >= 0.3 is 0 Å². The number of aromatic nitrogens is 2. The van der Waals surface area contributed by atoms with Gasteiger partial charge in [0.1, 0.15) is 11.6 Å². The number of benzene rings is 1. The molecule has 7 heteroatoms. The third-order valence-corrected chi connectivity index (χ3v) is 4.40. The van der Waals surface area contributed by atoms with Crippen LogP contribution in [0.4, 0.5) is 11.8 Å². The van der Waals surface area contributed by atoms with Gasteiger partial charge in [-0.25, -0.2) is 4.98 Å². The van der Waals surface area contributed by atoms with Crippen LogP contribution < -0.4 is 15.4 Å². The summed E-state index contributed by atoms with van der Waals surface area (Å²) in [6, 6.07) is 7.51. The third kappa shape index (κ3) is 3.55. The number of nitrogens with two attached hydrogens (primary N) is 1. The molecule has 0 radical (unpaired) electrons. The van der Waals surface area contributed by atoms with Crippen LogP contribution in [0.3, 0.4) is 0 Å². The molecule has 0 spiro atoms. The highest BCUT2D eigenvalue weighted by Crippen LogP contribution is 2.35. The zero-order chi connectivity index (χ0) is 17.1. The van der Waals surface area contributed by atoms with Gasteiger partial charge in [0.15, 0.2) is 0 Å². The Morgan fingerprint density at radius 3 is 2.92 bits per heavy atom. The number of rotatable bonds is 3. The van der Waals surface area contributed by atoms with Crippen molar-refractivity contribution in [3.8, 4) is 5.75 Å². The van der Waals surface area contributed by atoms with Crippen LogP contribution in [0.5, 0.6) is 5.75 Å². The van der Waals surface area contributed by atoms with Crippen molar-refractivity contribution in [2.45, 2.75) is 19.4 Å². The maximum atomic E-state index is 6.46. The van der Waals surface area contributed by atoms with E-state index in [1.165, 1.54) is 0 Å². The molecule has 1 atom stereocenters. The Labute approximate surface area is 146 Å². The normalized spacial score (nSPS) is 18.3. The molecule has 1 aromatic heterocycles. The van der Waals surface area contributed by atoms with Gasteiger partial charge < -0.3 is 20.1 Å². The van der Waals surface area contributed by atoms with Gasteiger partial charge in [-0.3, -0.25) is 0 Å². The summed E-state index contributed by atoms with van der Waals surface area (Å²) in [7, 11) is 1.64. The number of nitrogen functional groups attached to an aromatic ring is 1. The summed E-state index contributed by atoms with van der Waals surface area (Å²) < 4.78 is 11.1. The molecule has 0 saturated carbocycles. The summed E-state index contributed by atoms with van der Waals surface area (Å²) in [5.41, 5.74) is 7.62. The molecule has 2 N–H and O–H groups in total. The standard InChI is InChI=1S/C17H21ClN4O2/c1-11-8-16(21-17(19)20-11)22-6-3-7-24-10-15(22)13-9-12(23-2)4-5-14(13)18/h4-5,8-9,15H,3,6-7,10H2,1-2H3,(H2,19,20,21)/t15-/m0/s1. The van der Waals surface area contributed by atoms with Crippen molar-refractivity contribution in [3.63, 3.8) is 0 Å². The smallest absolute Gasteiger partial charge is 0.222 e. The minimum absolute atomic E-state index is 0.0659. The Kier molecular flexibility index (Phi) is 5.06. The Morgan fingerprint density at radius 1 is 1.33 bits per heavy atom. The van der Waals surface area contributed by atoms with E-state index in [0.29, 0.717) is 18.2 Å². The van der Waals surface area contributed by atoms with Crippen molar-refractivity contribution in [1.82, 2.24) is 9.97 Å². The first kappa shape index (κ1) is 16.8. The predicted molar refractivity (Wildman–Crippen MR) is 94.7 cm³/mol. The lowest BCUT2D eigenvalue weighted by Crippen LogP contribution is -2.32. The average molecular weight is 349 g/mol. The van der Waals surface area contributed by atoms with Gasteiger partial charge in [0.25, 0.3) is 0 Å². The fourth-order valence-electron chi connectivity index (χ4n) is 2.94. The second-order valence-corrected chi connectivity index (χ2v) is 6.16. The van der Waals surface area contributed by atoms with Gasteiger partial charge in [0.2, 0.25) is 5.95 Å². The molecule has 2 heterocycles. The van der Waals surface area contributed by atoms with E-state index >= 15 is 0 Å². The van der Waals surface area contributed by atoms with Crippen molar-refractivity contribution in [2.24, 2.45) is 0 Å². The quantitative estimate of drug-likeness (QED) is 0.919. The minimum atomic E-state index is -0.0659. The number of nitrogens with zero attached hydrogens (tertiary/aromatic N) is 3. The van der Waals surface area contributed by atoms with Gasteiger partial charge in [-0.15, -0.1) is 0 Å². The average Bonchev–Trinajstić information content (AvgIpc) is 2.80. The number of halogens is 1. The lowest BCUT2D eigenvalue weighted by atomic mass is 10.0. The molecule has 6 nitrogen and oxygen atoms in total. The van der Waals surface area contributed by atoms with Crippen LogP contribution in [0, 0.1) is 6.92 Å². The van der Waals surface area contributed by atoms with Crippen LogP contribution in [-0.2, 0) is 4.74 Å². The van der Waals surface area contributed by atoms with Gasteiger partial charge in [-0.2, -0.15) is 4.98 Å². The van der Waals surface area contributed by atoms with Crippen molar-refractivity contribution in [1.29, 1.82) is 0 Å². The lowest BCUT2D eigenvalue weighted by Gasteiger charge is -2.31. The molecule has 0 amide bonds. The minimum Gasteiger partial charge on any atom is -0.497 e. The maximum absolute atomic E-state index is 6.46. The van der Waals surface area contributed by atoms with Crippen LogP contribution in [0.1, 0.15) is 23.7 Å². The SMILES string of the molecule is COc1ccc(Cl)c([C@@H]2COCCCN2c2cc(C)nc(N)n2)c1. The number of hydrogen-bond donors (Lipinski definition) is 1. The third-order valence-electron chi connectivity index (χ3n) is 4.05. The molecule has 128 valence electrons. The molecule has 3 rings (SSSR count). The zero-order valence-corrected chi connectivity index (χ0v) is 14.6. The van der Waals surface area contributed by atoms with Crippen molar-refractivity contribution >= 4 is 23.4 Å². The van der Waals surface area contributed by atoms with E-state index in [1.807, 2.05) is 31.2 Å². The first-order valence-electron chi connectivity index (χ1n) is 7.87. The molecule has 1 saturated heterocycles. The van der Waals surface area contributed by atoms with Gasteiger partial charge in [0, 0.05) is 29.9 Å². The highest BCUT2D eigenvalue weighted by atomic mass is 35.5. The topological polar surface area (TPSA) is 73.5 Å². The summed E-state index contributed by atoms with van der Waals surface area (Å²) in [6.07, 6.45) is 0.904. The van der Waals surface area contributed by atoms with E-state index < -0.39 is 0 Å². The summed E-state index contributed by atoms with van der Waals surface area (Å²) in [4.78, 5) is 10.7. The first-order chi connectivity index (χ1) is 11.6. The monoisotopic (exact) mass is 348 g/mol. The Bertz CT molecular complexity index is 705. The molecule has 1 aromatic carbocycles. The first-order valence-corrected chi connectivity index (χ1v) is 8.25. The Morgan fingerprint density at radius 2 is 2.17 bits per heavy atom. The van der Waals surface area contributed by atoms with Crippen LogP contribution in [0.15, 0.2) is 24.3 Å². The molecule has 1 aliphatic rings. The molecular weight excluding hydrogens is 328 g/mol. The summed E-state index contributed by atoms with van der Waals surface area (Å²) in [5.74, 6) is 1.82. The maximum Gasteiger partial charge on any atom is 0.222 e. The highest BCUT2D eigenvalue weighted by molar-refractivity contribution is 6.31. The second kappa shape index (κ2) is 7.23. The van der Waals surface area contributed by atoms with Crippen molar-refractivity contribution in [3.05, 3.63) is 40.5 Å². The summed E-state index contributed by atoms with van der Waals surface area (Å²) in [6.45, 7) is 3.93. The number of hydrogen-bond acceptors (Lipinski definition) is 6. The van der Waals surface area contributed by atoms with Crippen LogP contribution in [0.25, 0.3) is 0 Å². The fourth-order valence-corrected chi connectivity index (χ4v) is 3.18. The molecule has 2 aromatic rings. The summed E-state index contributed by atoms with van der Waals surface area (Å²) in [5, 5.41) is 0.676. The number of ether oxygens (including phenoxy) is 2. The van der Waals surface area contributed by atoms with E-state index in [2.05, 4.69) is 14.9 Å². The predicted octanol–water partition coefficient (Wildman–Crippen LogP) is 3.00. The molecule has 0 unspecified atom stereocenters. The number of aryl methyl sites for hydroxylation is 1. The Hall–Kier alpha value is -2.05. The lowest BCUT2D eigenvalue weighted by molar-refractivity contribution is 0.134. The molecule has 0 bridgehead atoms. The molecule has 0 aliphatic carbocycles.